The van der Waals surface area contributed by atoms with E-state index in [0.29, 0.717) is 22.9 Å². The summed E-state index contributed by atoms with van der Waals surface area (Å²) >= 11 is 1.60. The molecule has 198 valence electrons. The summed E-state index contributed by atoms with van der Waals surface area (Å²) in [7, 11) is 3.20. The van der Waals surface area contributed by atoms with E-state index in [-0.39, 0.29) is 24.1 Å². The predicted molar refractivity (Wildman–Crippen MR) is 146 cm³/mol. The molecule has 1 aromatic carbocycles. The van der Waals surface area contributed by atoms with Crippen molar-refractivity contribution in [2.24, 2.45) is 5.92 Å². The lowest BCUT2D eigenvalue weighted by molar-refractivity contribution is -0.152. The third kappa shape index (κ3) is 8.08. The number of methoxy groups -OCH3 is 2. The van der Waals surface area contributed by atoms with Crippen molar-refractivity contribution >= 4 is 28.3 Å². The van der Waals surface area contributed by atoms with Crippen LogP contribution in [0.3, 0.4) is 0 Å². The molecule has 3 aromatic rings. The van der Waals surface area contributed by atoms with Gasteiger partial charge in [-0.25, -0.2) is 9.97 Å². The number of rotatable bonds is 7. The first kappa shape index (κ1) is 29.4. The molecule has 2 heterocycles. The normalized spacial score (nSPS) is 13.1. The van der Waals surface area contributed by atoms with Crippen molar-refractivity contribution in [2.75, 3.05) is 14.2 Å². The topological polar surface area (TPSA) is 79.8 Å². The van der Waals surface area contributed by atoms with Gasteiger partial charge in [0.2, 0.25) is 5.88 Å². The second kappa shape index (κ2) is 14.6. The minimum Gasteiger partial charge on any atom is -0.493 e. The molecule has 4 rings (SSSR count). The fourth-order valence-corrected chi connectivity index (χ4v) is 4.26. The van der Waals surface area contributed by atoms with Crippen LogP contribution in [0.5, 0.6) is 17.4 Å². The Morgan fingerprint density at radius 2 is 1.56 bits per heavy atom. The molecule has 1 aliphatic carbocycles. The van der Waals surface area contributed by atoms with Crippen LogP contribution < -0.4 is 14.2 Å². The summed E-state index contributed by atoms with van der Waals surface area (Å²) in [5, 5.41) is 2.01. The van der Waals surface area contributed by atoms with Gasteiger partial charge >= 0.3 is 5.97 Å². The second-order valence-electron chi connectivity index (χ2n) is 8.72. The van der Waals surface area contributed by atoms with Crippen LogP contribution >= 0.6 is 11.3 Å². The summed E-state index contributed by atoms with van der Waals surface area (Å²) < 4.78 is 21.8. The molecule has 0 amide bonds. The molecule has 2 aromatic heterocycles. The molecule has 1 saturated carbocycles. The number of benzene rings is 1. The first-order valence-electron chi connectivity index (χ1n) is 12.7. The third-order valence-corrected chi connectivity index (χ3v) is 6.17. The van der Waals surface area contributed by atoms with E-state index in [4.69, 9.17) is 23.9 Å². The van der Waals surface area contributed by atoms with Gasteiger partial charge < -0.3 is 18.9 Å². The summed E-state index contributed by atoms with van der Waals surface area (Å²) in [5.41, 5.74) is 2.19. The van der Waals surface area contributed by atoms with E-state index >= 15 is 0 Å². The van der Waals surface area contributed by atoms with Gasteiger partial charge in [0.1, 0.15) is 11.8 Å². The Hall–Kier alpha value is -2.87. The molecule has 0 bridgehead atoms. The maximum Gasteiger partial charge on any atom is 0.308 e. The average molecular weight is 517 g/mol. The van der Waals surface area contributed by atoms with Crippen LogP contribution in [0.4, 0.5) is 0 Å². The van der Waals surface area contributed by atoms with Crippen molar-refractivity contribution in [3.8, 4) is 28.0 Å². The fraction of sp³-hybridized carbons (Fsp3) is 0.536. The summed E-state index contributed by atoms with van der Waals surface area (Å²) in [4.78, 5) is 21.5. The number of hydrogen-bond donors (Lipinski definition) is 0. The van der Waals surface area contributed by atoms with Crippen LogP contribution in [0.1, 0.15) is 67.2 Å². The third-order valence-electron chi connectivity index (χ3n) is 5.30. The van der Waals surface area contributed by atoms with Gasteiger partial charge in [0, 0.05) is 12.1 Å². The molecule has 0 N–H and O–H groups in total. The molecule has 0 spiro atoms. The first-order valence-corrected chi connectivity index (χ1v) is 13.5. The number of ether oxygens (including phenoxy) is 4. The lowest BCUT2D eigenvalue weighted by Gasteiger charge is -2.14. The first-order chi connectivity index (χ1) is 17.3. The Kier molecular flexibility index (Phi) is 11.9. The average Bonchev–Trinajstić information content (AvgIpc) is 3.59. The summed E-state index contributed by atoms with van der Waals surface area (Å²) in [6, 6.07) is 7.64. The number of nitrogens with zero attached hydrogens (tertiary/aromatic N) is 2. The second-order valence-corrected chi connectivity index (χ2v) is 9.66. The van der Waals surface area contributed by atoms with Crippen LogP contribution in [-0.2, 0) is 9.53 Å². The molecule has 0 saturated heterocycles. The highest BCUT2D eigenvalue weighted by atomic mass is 32.1. The van der Waals surface area contributed by atoms with Gasteiger partial charge in [-0.15, -0.1) is 11.3 Å². The molecule has 1 fully saturated rings. The van der Waals surface area contributed by atoms with Crippen LogP contribution in [0, 0.1) is 5.92 Å². The molecular formula is C28H40N2O5S. The zero-order valence-corrected chi connectivity index (χ0v) is 23.6. The van der Waals surface area contributed by atoms with E-state index in [1.54, 1.807) is 25.6 Å². The maximum atomic E-state index is 11.1. The molecular weight excluding hydrogens is 476 g/mol. The lowest BCUT2D eigenvalue weighted by Crippen LogP contribution is -2.18. The molecule has 0 radical (unpaired) electrons. The Labute approximate surface area is 219 Å². The SMILES string of the molecule is CC.CC(C)C(=O)OC1CCCC1.COc1cc2nc(OC(C)C)c(-c3cccs3)nc2cc1OC. The zero-order chi connectivity index (χ0) is 26.7. The Bertz CT molecular complexity index is 1080. The van der Waals surface area contributed by atoms with Crippen LogP contribution in [0.25, 0.3) is 21.6 Å². The largest absolute Gasteiger partial charge is 0.493 e. The molecule has 0 atom stereocenters. The van der Waals surface area contributed by atoms with E-state index in [2.05, 4.69) is 4.98 Å². The number of esters is 1. The van der Waals surface area contributed by atoms with Gasteiger partial charge in [-0.05, 0) is 51.0 Å². The number of aromatic nitrogens is 2. The highest BCUT2D eigenvalue weighted by Gasteiger charge is 2.20. The van der Waals surface area contributed by atoms with Gasteiger partial charge in [0.25, 0.3) is 0 Å². The Morgan fingerprint density at radius 3 is 2.03 bits per heavy atom. The van der Waals surface area contributed by atoms with E-state index in [9.17, 15) is 4.79 Å². The Morgan fingerprint density at radius 1 is 0.972 bits per heavy atom. The van der Waals surface area contributed by atoms with Crippen molar-refractivity contribution in [3.63, 3.8) is 0 Å². The van der Waals surface area contributed by atoms with Crippen molar-refractivity contribution < 1.29 is 23.7 Å². The monoisotopic (exact) mass is 516 g/mol. The molecule has 0 unspecified atom stereocenters. The van der Waals surface area contributed by atoms with Crippen molar-refractivity contribution in [3.05, 3.63) is 29.6 Å². The summed E-state index contributed by atoms with van der Waals surface area (Å²) in [6.45, 7) is 11.7. The van der Waals surface area contributed by atoms with Gasteiger partial charge in [0.05, 0.1) is 42.2 Å². The zero-order valence-electron chi connectivity index (χ0n) is 22.8. The van der Waals surface area contributed by atoms with Gasteiger partial charge in [-0.3, -0.25) is 4.79 Å². The van der Waals surface area contributed by atoms with Crippen molar-refractivity contribution in [2.45, 2.75) is 79.4 Å². The molecule has 1 aliphatic rings. The number of hydrogen-bond acceptors (Lipinski definition) is 8. The Balaban J connectivity index is 0.000000295. The number of thiophene rings is 1. The highest BCUT2D eigenvalue weighted by molar-refractivity contribution is 7.13. The van der Waals surface area contributed by atoms with E-state index in [0.717, 1.165) is 28.9 Å². The molecule has 7 nitrogen and oxygen atoms in total. The number of carbonyl (C=O) groups excluding carboxylic acids is 1. The van der Waals surface area contributed by atoms with E-state index in [1.807, 2.05) is 71.2 Å². The lowest BCUT2D eigenvalue weighted by atomic mass is 10.2. The van der Waals surface area contributed by atoms with Gasteiger partial charge in [-0.1, -0.05) is 33.8 Å². The standard InChI is InChI=1S/C17H18N2O3S.C9H16O2.C2H6/c1-10(2)22-17-16(15-6-5-7-23-15)18-11-8-13(20-3)14(21-4)9-12(11)19-17;1-7(2)9(10)11-8-5-3-4-6-8;1-2/h5-10H,1-4H3;7-8H,3-6H2,1-2H3;1-2H3. The van der Waals surface area contributed by atoms with Gasteiger partial charge in [-0.2, -0.15) is 0 Å². The van der Waals surface area contributed by atoms with Crippen molar-refractivity contribution in [1.29, 1.82) is 0 Å². The van der Waals surface area contributed by atoms with E-state index in [1.165, 1.54) is 12.8 Å². The number of fused-ring (bicyclic) bond motifs is 1. The quantitative estimate of drug-likeness (QED) is 0.304. The molecule has 0 aliphatic heterocycles. The van der Waals surface area contributed by atoms with Crippen LogP contribution in [-0.4, -0.2) is 42.4 Å². The molecule has 36 heavy (non-hydrogen) atoms. The summed E-state index contributed by atoms with van der Waals surface area (Å²) in [6.07, 6.45) is 4.81. The predicted octanol–water partition coefficient (Wildman–Crippen LogP) is 7.32. The fourth-order valence-electron chi connectivity index (χ4n) is 3.55. The summed E-state index contributed by atoms with van der Waals surface area (Å²) in [5.74, 6) is 1.76. The van der Waals surface area contributed by atoms with Crippen LogP contribution in [0.2, 0.25) is 0 Å². The minimum absolute atomic E-state index is 0.0145. The highest BCUT2D eigenvalue weighted by Crippen LogP contribution is 2.36. The molecule has 8 heteroatoms. The van der Waals surface area contributed by atoms with E-state index < -0.39 is 0 Å². The minimum atomic E-state index is -0.0445. The number of carbonyl (C=O) groups is 1. The smallest absolute Gasteiger partial charge is 0.308 e. The van der Waals surface area contributed by atoms with Gasteiger partial charge in [0.15, 0.2) is 11.5 Å². The van der Waals surface area contributed by atoms with Crippen LogP contribution in [0.15, 0.2) is 29.6 Å². The van der Waals surface area contributed by atoms with Crippen molar-refractivity contribution in [1.82, 2.24) is 9.97 Å². The maximum absolute atomic E-state index is 11.1.